The van der Waals surface area contributed by atoms with E-state index in [1.165, 1.54) is 5.56 Å². The van der Waals surface area contributed by atoms with Gasteiger partial charge in [-0.15, -0.1) is 0 Å². The van der Waals surface area contributed by atoms with Crippen molar-refractivity contribution in [3.63, 3.8) is 0 Å². The van der Waals surface area contributed by atoms with Crippen LogP contribution in [0.15, 0.2) is 29.3 Å². The van der Waals surface area contributed by atoms with Crippen molar-refractivity contribution in [3.05, 3.63) is 29.8 Å². The lowest BCUT2D eigenvalue weighted by Gasteiger charge is -2.15. The number of guanidine groups is 1. The third-order valence-corrected chi connectivity index (χ3v) is 3.39. The van der Waals surface area contributed by atoms with Gasteiger partial charge in [0.05, 0.1) is 6.54 Å². The molecule has 0 aliphatic carbocycles. The fourth-order valence-electron chi connectivity index (χ4n) is 2.17. The molecular formula is C19H32N4O2. The van der Waals surface area contributed by atoms with Gasteiger partial charge in [-0.2, -0.15) is 0 Å². The summed E-state index contributed by atoms with van der Waals surface area (Å²) >= 11 is 0. The number of hydrogen-bond donors (Lipinski definition) is 3. The maximum atomic E-state index is 11.6. The minimum atomic E-state index is -0.0369. The van der Waals surface area contributed by atoms with Gasteiger partial charge in [-0.3, -0.25) is 4.79 Å². The van der Waals surface area contributed by atoms with Crippen molar-refractivity contribution >= 4 is 11.9 Å². The first-order chi connectivity index (χ1) is 12.0. The Bertz CT molecular complexity index is 546. The van der Waals surface area contributed by atoms with Gasteiger partial charge in [0.25, 0.3) is 0 Å². The second-order valence-electron chi connectivity index (χ2n) is 5.99. The van der Waals surface area contributed by atoms with Crippen LogP contribution in [0.1, 0.15) is 39.2 Å². The van der Waals surface area contributed by atoms with E-state index >= 15 is 0 Å². The number of hydrogen-bond acceptors (Lipinski definition) is 3. The predicted octanol–water partition coefficient (Wildman–Crippen LogP) is 2.23. The molecule has 1 rings (SSSR count). The van der Waals surface area contributed by atoms with Crippen molar-refractivity contribution in [3.8, 4) is 5.75 Å². The number of carbonyl (C=O) groups excluding carboxylic acids is 1. The van der Waals surface area contributed by atoms with E-state index in [2.05, 4.69) is 20.9 Å². The Morgan fingerprint density at radius 1 is 1.20 bits per heavy atom. The van der Waals surface area contributed by atoms with Gasteiger partial charge >= 0.3 is 0 Å². The number of aryl methyl sites for hydroxylation is 1. The zero-order chi connectivity index (χ0) is 18.5. The second kappa shape index (κ2) is 12.2. The molecule has 1 aromatic rings. The lowest BCUT2D eigenvalue weighted by Crippen LogP contribution is -2.40. The standard InChI is InChI=1S/C19H32N4O2/c1-5-11-21-18(24)10-12-22-19(20-6-2)23-14-16(4)25-17-9-7-8-15(3)13-17/h7-9,13,16H,5-6,10-12,14H2,1-4H3,(H,21,24)(H2,20,22,23). The monoisotopic (exact) mass is 348 g/mol. The molecule has 140 valence electrons. The van der Waals surface area contributed by atoms with Gasteiger partial charge in [0.1, 0.15) is 11.9 Å². The zero-order valence-corrected chi connectivity index (χ0v) is 15.9. The number of nitrogens with one attached hydrogen (secondary N) is 3. The fraction of sp³-hybridized carbons (Fsp3) is 0.579. The number of amides is 1. The highest BCUT2D eigenvalue weighted by Crippen LogP contribution is 2.14. The zero-order valence-electron chi connectivity index (χ0n) is 15.9. The number of ether oxygens (including phenoxy) is 1. The van der Waals surface area contributed by atoms with Crippen LogP contribution in [0.5, 0.6) is 5.75 Å². The van der Waals surface area contributed by atoms with Crippen molar-refractivity contribution < 1.29 is 9.53 Å². The van der Waals surface area contributed by atoms with Crippen LogP contribution in [0.25, 0.3) is 0 Å². The third-order valence-electron chi connectivity index (χ3n) is 3.39. The summed E-state index contributed by atoms with van der Waals surface area (Å²) in [6.45, 7) is 10.7. The van der Waals surface area contributed by atoms with Crippen molar-refractivity contribution in [2.45, 2.75) is 46.6 Å². The highest BCUT2D eigenvalue weighted by molar-refractivity contribution is 5.81. The Labute approximate surface area is 151 Å². The minimum absolute atomic E-state index is 0.0369. The van der Waals surface area contributed by atoms with Gasteiger partial charge in [-0.25, -0.2) is 4.99 Å². The van der Waals surface area contributed by atoms with E-state index in [0.717, 1.165) is 25.3 Å². The molecule has 1 amide bonds. The maximum Gasteiger partial charge on any atom is 0.221 e. The van der Waals surface area contributed by atoms with Crippen LogP contribution in [0.3, 0.4) is 0 Å². The average Bonchev–Trinajstić information content (AvgIpc) is 2.58. The molecule has 0 aromatic heterocycles. The summed E-state index contributed by atoms with van der Waals surface area (Å²) in [7, 11) is 0. The molecule has 0 aliphatic heterocycles. The highest BCUT2D eigenvalue weighted by Gasteiger charge is 2.06. The largest absolute Gasteiger partial charge is 0.489 e. The summed E-state index contributed by atoms with van der Waals surface area (Å²) < 4.78 is 5.88. The molecule has 1 atom stereocenters. The molecule has 0 fully saturated rings. The van der Waals surface area contributed by atoms with Gasteiger partial charge in [0.15, 0.2) is 5.96 Å². The van der Waals surface area contributed by atoms with Crippen LogP contribution < -0.4 is 20.7 Å². The van der Waals surface area contributed by atoms with E-state index in [9.17, 15) is 4.79 Å². The average molecular weight is 348 g/mol. The highest BCUT2D eigenvalue weighted by atomic mass is 16.5. The van der Waals surface area contributed by atoms with Crippen molar-refractivity contribution in [2.75, 3.05) is 26.2 Å². The van der Waals surface area contributed by atoms with Crippen LogP contribution in [0, 0.1) is 6.92 Å². The summed E-state index contributed by atoms with van der Waals surface area (Å²) in [5, 5.41) is 9.22. The Hall–Kier alpha value is -2.24. The lowest BCUT2D eigenvalue weighted by molar-refractivity contribution is -0.120. The van der Waals surface area contributed by atoms with Crippen LogP contribution in [0.2, 0.25) is 0 Å². The molecule has 1 unspecified atom stereocenters. The summed E-state index contributed by atoms with van der Waals surface area (Å²) in [6.07, 6.45) is 1.34. The van der Waals surface area contributed by atoms with Crippen molar-refractivity contribution in [2.24, 2.45) is 4.99 Å². The molecule has 0 spiro atoms. The predicted molar refractivity (Wildman–Crippen MR) is 103 cm³/mol. The number of rotatable bonds is 10. The topological polar surface area (TPSA) is 74.8 Å². The molecule has 1 aromatic carbocycles. The Morgan fingerprint density at radius 2 is 2.00 bits per heavy atom. The van der Waals surface area contributed by atoms with E-state index in [4.69, 9.17) is 4.74 Å². The normalized spacial score (nSPS) is 12.4. The molecule has 0 aliphatic rings. The smallest absolute Gasteiger partial charge is 0.221 e. The Balaban J connectivity index is 2.41. The number of carbonyl (C=O) groups is 1. The minimum Gasteiger partial charge on any atom is -0.489 e. The first-order valence-corrected chi connectivity index (χ1v) is 9.07. The second-order valence-corrected chi connectivity index (χ2v) is 5.99. The van der Waals surface area contributed by atoms with E-state index < -0.39 is 0 Å². The summed E-state index contributed by atoms with van der Waals surface area (Å²) in [4.78, 5) is 16.1. The van der Waals surface area contributed by atoms with Crippen LogP contribution in [-0.4, -0.2) is 44.1 Å². The SMILES string of the molecule is CCCNC(=O)CCNC(=NCC(C)Oc1cccc(C)c1)NCC. The van der Waals surface area contributed by atoms with Gasteiger partial charge in [0.2, 0.25) is 5.91 Å². The number of nitrogens with zero attached hydrogens (tertiary/aromatic N) is 1. The quantitative estimate of drug-likeness (QED) is 0.448. The van der Waals surface area contributed by atoms with E-state index in [0.29, 0.717) is 25.5 Å². The van der Waals surface area contributed by atoms with Gasteiger partial charge in [-0.1, -0.05) is 19.1 Å². The van der Waals surface area contributed by atoms with Crippen LogP contribution in [0.4, 0.5) is 0 Å². The molecule has 6 nitrogen and oxygen atoms in total. The molecule has 3 N–H and O–H groups in total. The first kappa shape index (κ1) is 20.8. The van der Waals surface area contributed by atoms with Gasteiger partial charge in [-0.05, 0) is 44.9 Å². The van der Waals surface area contributed by atoms with E-state index in [1.54, 1.807) is 0 Å². The molecule has 0 saturated heterocycles. The molecular weight excluding hydrogens is 316 g/mol. The van der Waals surface area contributed by atoms with Crippen molar-refractivity contribution in [1.82, 2.24) is 16.0 Å². The van der Waals surface area contributed by atoms with Crippen molar-refractivity contribution in [1.29, 1.82) is 0 Å². The Kier molecular flexibility index (Phi) is 10.1. The number of benzene rings is 1. The van der Waals surface area contributed by atoms with Crippen LogP contribution >= 0.6 is 0 Å². The molecule has 0 bridgehead atoms. The van der Waals surface area contributed by atoms with Gasteiger partial charge < -0.3 is 20.7 Å². The van der Waals surface area contributed by atoms with Crippen LogP contribution in [-0.2, 0) is 4.79 Å². The maximum absolute atomic E-state index is 11.6. The first-order valence-electron chi connectivity index (χ1n) is 9.07. The molecule has 0 radical (unpaired) electrons. The summed E-state index contributed by atoms with van der Waals surface area (Å²) in [5.41, 5.74) is 1.17. The molecule has 0 heterocycles. The van der Waals surface area contributed by atoms with Gasteiger partial charge in [0, 0.05) is 26.1 Å². The molecule has 25 heavy (non-hydrogen) atoms. The number of aliphatic imine (C=N–C) groups is 1. The molecule has 0 saturated carbocycles. The van der Waals surface area contributed by atoms with E-state index in [1.807, 2.05) is 52.0 Å². The van der Waals surface area contributed by atoms with E-state index in [-0.39, 0.29) is 12.0 Å². The summed E-state index contributed by atoms with van der Waals surface area (Å²) in [5.74, 6) is 1.61. The molecule has 6 heteroatoms. The third kappa shape index (κ3) is 9.59. The summed E-state index contributed by atoms with van der Waals surface area (Å²) in [6, 6.07) is 7.99. The fourth-order valence-corrected chi connectivity index (χ4v) is 2.17. The lowest BCUT2D eigenvalue weighted by atomic mass is 10.2. The Morgan fingerprint density at radius 3 is 2.68 bits per heavy atom.